The van der Waals surface area contributed by atoms with E-state index in [4.69, 9.17) is 0 Å². The lowest BCUT2D eigenvalue weighted by molar-refractivity contribution is -0.136. The molecule has 2 heterocycles. The Morgan fingerprint density at radius 1 is 1.22 bits per heavy atom. The molecule has 0 atom stereocenters. The largest absolute Gasteiger partial charge is 0.342 e. The summed E-state index contributed by atoms with van der Waals surface area (Å²) < 4.78 is 0. The number of benzene rings is 1. The predicted octanol–water partition coefficient (Wildman–Crippen LogP) is 3.11. The van der Waals surface area contributed by atoms with Crippen molar-refractivity contribution in [3.63, 3.8) is 0 Å². The monoisotopic (exact) mass is 309 g/mol. The molecule has 2 aromatic rings. The molecule has 1 aromatic heterocycles. The number of hydrogen-bond donors (Lipinski definition) is 1. The number of nitrogens with zero attached hydrogens (tertiary/aromatic N) is 2. The van der Waals surface area contributed by atoms with Crippen molar-refractivity contribution in [3.8, 4) is 11.3 Å². The maximum Gasteiger partial charge on any atom is 0.228 e. The van der Waals surface area contributed by atoms with E-state index in [1.54, 1.807) is 0 Å². The minimum atomic E-state index is -0.0743. The van der Waals surface area contributed by atoms with Gasteiger partial charge in [-0.1, -0.05) is 31.2 Å². The summed E-state index contributed by atoms with van der Waals surface area (Å²) in [6, 6.07) is 8.37. The number of amides is 1. The fourth-order valence-electron chi connectivity index (χ4n) is 3.53. The van der Waals surface area contributed by atoms with Gasteiger partial charge >= 0.3 is 0 Å². The van der Waals surface area contributed by atoms with Gasteiger partial charge in [0.2, 0.25) is 5.91 Å². The molecule has 1 saturated carbocycles. The Morgan fingerprint density at radius 2 is 1.96 bits per heavy atom. The summed E-state index contributed by atoms with van der Waals surface area (Å²) >= 11 is 0. The van der Waals surface area contributed by atoms with Gasteiger partial charge in [-0.15, -0.1) is 0 Å². The van der Waals surface area contributed by atoms with Crippen molar-refractivity contribution in [2.45, 2.75) is 39.5 Å². The first-order valence-electron chi connectivity index (χ1n) is 8.50. The summed E-state index contributed by atoms with van der Waals surface area (Å²) in [6.45, 7) is 5.83. The van der Waals surface area contributed by atoms with Gasteiger partial charge in [-0.25, -0.2) is 0 Å². The normalized spacial score (nSPS) is 19.1. The third-order valence-electron chi connectivity index (χ3n) is 5.42. The average Bonchev–Trinajstić information content (AvgIpc) is 3.24. The van der Waals surface area contributed by atoms with Crippen molar-refractivity contribution < 1.29 is 4.79 Å². The number of aromatic nitrogens is 2. The van der Waals surface area contributed by atoms with Gasteiger partial charge in [-0.2, -0.15) is 5.10 Å². The molecule has 4 heteroatoms. The third kappa shape index (κ3) is 2.46. The van der Waals surface area contributed by atoms with Crippen LogP contribution in [-0.4, -0.2) is 34.1 Å². The van der Waals surface area contributed by atoms with Crippen molar-refractivity contribution in [3.05, 3.63) is 41.1 Å². The van der Waals surface area contributed by atoms with E-state index in [0.29, 0.717) is 5.91 Å². The Morgan fingerprint density at radius 3 is 2.70 bits per heavy atom. The number of carbonyl (C=O) groups excluding carboxylic acids is 1. The highest BCUT2D eigenvalue weighted by molar-refractivity contribution is 5.85. The molecule has 1 N–H and O–H groups in total. The molecule has 1 aromatic carbocycles. The van der Waals surface area contributed by atoms with Gasteiger partial charge < -0.3 is 4.90 Å². The maximum atomic E-state index is 12.6. The van der Waals surface area contributed by atoms with Gasteiger partial charge in [0.1, 0.15) is 0 Å². The molecular weight excluding hydrogens is 286 g/mol. The van der Waals surface area contributed by atoms with Gasteiger partial charge in [-0.05, 0) is 31.7 Å². The Bertz CT molecular complexity index is 758. The standard InChI is InChI=1S/C19H23N3O/c1-13-5-3-4-6-14(13)17-15-7-11-22(12-8-16(15)20-21-17)18(23)19(2)9-10-19/h3-6H,7-12H2,1-2H3,(H,20,21). The van der Waals surface area contributed by atoms with E-state index in [0.717, 1.165) is 44.5 Å². The lowest BCUT2D eigenvalue weighted by Gasteiger charge is -2.23. The SMILES string of the molecule is Cc1ccccc1-c1n[nH]c2c1CCN(C(=O)C1(C)CC1)CC2. The Hall–Kier alpha value is -2.10. The van der Waals surface area contributed by atoms with Gasteiger partial charge in [0.25, 0.3) is 0 Å². The third-order valence-corrected chi connectivity index (χ3v) is 5.42. The van der Waals surface area contributed by atoms with Crippen LogP contribution in [0.1, 0.15) is 36.6 Å². The topological polar surface area (TPSA) is 49.0 Å². The molecule has 120 valence electrons. The highest BCUT2D eigenvalue weighted by Crippen LogP contribution is 2.46. The second-order valence-electron chi connectivity index (χ2n) is 7.20. The molecule has 0 radical (unpaired) electrons. The van der Waals surface area contributed by atoms with E-state index in [1.165, 1.54) is 22.4 Å². The number of hydrogen-bond acceptors (Lipinski definition) is 2. The summed E-state index contributed by atoms with van der Waals surface area (Å²) in [6.07, 6.45) is 3.85. The van der Waals surface area contributed by atoms with Crippen LogP contribution in [0, 0.1) is 12.3 Å². The van der Waals surface area contributed by atoms with Crippen LogP contribution in [0.5, 0.6) is 0 Å². The average molecular weight is 309 g/mol. The van der Waals surface area contributed by atoms with Crippen LogP contribution >= 0.6 is 0 Å². The Kier molecular flexibility index (Phi) is 3.29. The molecule has 2 aliphatic rings. The van der Waals surface area contributed by atoms with Gasteiger partial charge in [-0.3, -0.25) is 9.89 Å². The summed E-state index contributed by atoms with van der Waals surface area (Å²) in [7, 11) is 0. The number of nitrogens with one attached hydrogen (secondary N) is 1. The van der Waals surface area contributed by atoms with Gasteiger partial charge in [0.05, 0.1) is 5.69 Å². The van der Waals surface area contributed by atoms with Crippen LogP contribution in [0.15, 0.2) is 24.3 Å². The number of carbonyl (C=O) groups is 1. The number of rotatable bonds is 2. The molecule has 1 aliphatic heterocycles. The number of H-pyrrole nitrogens is 1. The summed E-state index contributed by atoms with van der Waals surface area (Å²) in [5.41, 5.74) is 5.90. The molecule has 4 rings (SSSR count). The molecule has 1 aliphatic carbocycles. The molecule has 4 nitrogen and oxygen atoms in total. The van der Waals surface area contributed by atoms with E-state index in [-0.39, 0.29) is 5.41 Å². The van der Waals surface area contributed by atoms with Crippen LogP contribution in [-0.2, 0) is 17.6 Å². The molecule has 0 bridgehead atoms. The number of fused-ring (bicyclic) bond motifs is 1. The zero-order valence-electron chi connectivity index (χ0n) is 13.9. The van der Waals surface area contributed by atoms with Crippen molar-refractivity contribution >= 4 is 5.91 Å². The van der Waals surface area contributed by atoms with Crippen LogP contribution in [0.4, 0.5) is 0 Å². The molecule has 23 heavy (non-hydrogen) atoms. The molecule has 0 saturated heterocycles. The van der Waals surface area contributed by atoms with Crippen molar-refractivity contribution in [2.75, 3.05) is 13.1 Å². The molecule has 0 spiro atoms. The van der Waals surface area contributed by atoms with Gasteiger partial charge in [0.15, 0.2) is 0 Å². The van der Waals surface area contributed by atoms with Crippen LogP contribution in [0.2, 0.25) is 0 Å². The molecule has 1 amide bonds. The summed E-state index contributed by atoms with van der Waals surface area (Å²) in [5, 5.41) is 7.79. The second kappa shape index (κ2) is 5.22. The minimum absolute atomic E-state index is 0.0743. The van der Waals surface area contributed by atoms with E-state index >= 15 is 0 Å². The first-order chi connectivity index (χ1) is 11.1. The fraction of sp³-hybridized carbons (Fsp3) is 0.474. The van der Waals surface area contributed by atoms with E-state index in [1.807, 2.05) is 0 Å². The smallest absolute Gasteiger partial charge is 0.228 e. The van der Waals surface area contributed by atoms with Crippen molar-refractivity contribution in [2.24, 2.45) is 5.41 Å². The zero-order valence-corrected chi connectivity index (χ0v) is 13.9. The highest BCUT2D eigenvalue weighted by atomic mass is 16.2. The highest BCUT2D eigenvalue weighted by Gasteiger charge is 2.47. The second-order valence-corrected chi connectivity index (χ2v) is 7.20. The molecular formula is C19H23N3O. The van der Waals surface area contributed by atoms with Crippen LogP contribution in [0.3, 0.4) is 0 Å². The van der Waals surface area contributed by atoms with E-state index in [9.17, 15) is 4.79 Å². The van der Waals surface area contributed by atoms with Crippen molar-refractivity contribution in [1.82, 2.24) is 15.1 Å². The Balaban J connectivity index is 1.61. The fourth-order valence-corrected chi connectivity index (χ4v) is 3.53. The quantitative estimate of drug-likeness (QED) is 0.926. The maximum absolute atomic E-state index is 12.6. The van der Waals surface area contributed by atoms with Crippen molar-refractivity contribution in [1.29, 1.82) is 0 Å². The first kappa shape index (κ1) is 14.5. The lowest BCUT2D eigenvalue weighted by atomic mass is 9.99. The number of aromatic amines is 1. The molecule has 0 unspecified atom stereocenters. The summed E-state index contributed by atoms with van der Waals surface area (Å²) in [5.74, 6) is 0.341. The van der Waals surface area contributed by atoms with E-state index < -0.39 is 0 Å². The number of aryl methyl sites for hydroxylation is 1. The zero-order chi connectivity index (χ0) is 16.0. The van der Waals surface area contributed by atoms with E-state index in [2.05, 4.69) is 53.2 Å². The van der Waals surface area contributed by atoms with Crippen LogP contribution < -0.4 is 0 Å². The lowest BCUT2D eigenvalue weighted by Crippen LogP contribution is -2.38. The summed E-state index contributed by atoms with van der Waals surface area (Å²) in [4.78, 5) is 14.7. The van der Waals surface area contributed by atoms with Gasteiger partial charge in [0, 0.05) is 41.7 Å². The first-order valence-corrected chi connectivity index (χ1v) is 8.50. The van der Waals surface area contributed by atoms with Crippen LogP contribution in [0.25, 0.3) is 11.3 Å². The molecule has 1 fully saturated rings. The Labute approximate surface area is 136 Å². The predicted molar refractivity (Wildman–Crippen MR) is 90.1 cm³/mol. The minimum Gasteiger partial charge on any atom is -0.342 e.